The average Bonchev–Trinajstić information content (AvgIpc) is 3.09. The molecule has 0 aromatic carbocycles. The van der Waals surface area contributed by atoms with Crippen molar-refractivity contribution < 1.29 is 9.59 Å². The van der Waals surface area contributed by atoms with Gasteiger partial charge in [0.05, 0.1) is 6.20 Å². The SMILES string of the molecule is CNC(C(=O)NC1CCN(C(=O)NC2CCCCC2)CC1)c1cnn(C)c1. The van der Waals surface area contributed by atoms with Crippen molar-refractivity contribution in [2.75, 3.05) is 20.1 Å². The Balaban J connectivity index is 1.44. The molecule has 3 amide bonds. The lowest BCUT2D eigenvalue weighted by Gasteiger charge is -2.34. The van der Waals surface area contributed by atoms with Gasteiger partial charge in [-0.2, -0.15) is 5.10 Å². The van der Waals surface area contributed by atoms with Gasteiger partial charge in [0.15, 0.2) is 0 Å². The minimum atomic E-state index is -0.411. The van der Waals surface area contributed by atoms with E-state index in [1.165, 1.54) is 19.3 Å². The fraction of sp³-hybridized carbons (Fsp3) is 0.737. The van der Waals surface area contributed by atoms with E-state index in [1.54, 1.807) is 17.9 Å². The molecule has 0 spiro atoms. The van der Waals surface area contributed by atoms with Gasteiger partial charge in [-0.25, -0.2) is 4.79 Å². The molecule has 1 aromatic heterocycles. The minimum absolute atomic E-state index is 0.0457. The average molecular weight is 377 g/mol. The van der Waals surface area contributed by atoms with E-state index >= 15 is 0 Å². The summed E-state index contributed by atoms with van der Waals surface area (Å²) in [4.78, 5) is 27.0. The first-order valence-electron chi connectivity index (χ1n) is 10.1. The fourth-order valence-electron chi connectivity index (χ4n) is 4.06. The second-order valence-corrected chi connectivity index (χ2v) is 7.72. The number of carbonyl (C=O) groups excluding carboxylic acids is 2. The predicted octanol–water partition coefficient (Wildman–Crippen LogP) is 1.30. The van der Waals surface area contributed by atoms with Gasteiger partial charge in [0.2, 0.25) is 5.91 Å². The summed E-state index contributed by atoms with van der Waals surface area (Å²) in [6, 6.07) is 0.0739. The molecule has 1 aliphatic carbocycles. The van der Waals surface area contributed by atoms with E-state index in [9.17, 15) is 9.59 Å². The zero-order valence-corrected chi connectivity index (χ0v) is 16.4. The van der Waals surface area contributed by atoms with Gasteiger partial charge in [-0.3, -0.25) is 9.48 Å². The van der Waals surface area contributed by atoms with Crippen molar-refractivity contribution in [1.82, 2.24) is 30.6 Å². The van der Waals surface area contributed by atoms with Crippen LogP contribution in [0.3, 0.4) is 0 Å². The van der Waals surface area contributed by atoms with Crippen LogP contribution in [0.5, 0.6) is 0 Å². The van der Waals surface area contributed by atoms with Crippen LogP contribution >= 0.6 is 0 Å². The Kier molecular flexibility index (Phi) is 6.71. The lowest BCUT2D eigenvalue weighted by Crippen LogP contribution is -2.52. The van der Waals surface area contributed by atoms with Gasteiger partial charge in [-0.1, -0.05) is 19.3 Å². The summed E-state index contributed by atoms with van der Waals surface area (Å²) >= 11 is 0. The lowest BCUT2D eigenvalue weighted by atomic mass is 9.95. The molecule has 0 radical (unpaired) electrons. The number of urea groups is 1. The first-order valence-corrected chi connectivity index (χ1v) is 10.1. The molecule has 3 rings (SSSR count). The first-order chi connectivity index (χ1) is 13.1. The van der Waals surface area contributed by atoms with Crippen LogP contribution in [0.4, 0.5) is 4.79 Å². The number of nitrogens with one attached hydrogen (secondary N) is 3. The van der Waals surface area contributed by atoms with Crippen LogP contribution in [0.15, 0.2) is 12.4 Å². The number of likely N-dealkylation sites (N-methyl/N-ethyl adjacent to an activating group) is 1. The van der Waals surface area contributed by atoms with Crippen LogP contribution in [0.25, 0.3) is 0 Å². The second kappa shape index (κ2) is 9.21. The Hall–Kier alpha value is -2.09. The zero-order valence-electron chi connectivity index (χ0n) is 16.4. The first kappa shape index (κ1) is 19.7. The number of aryl methyl sites for hydroxylation is 1. The van der Waals surface area contributed by atoms with Gasteiger partial charge in [0.1, 0.15) is 6.04 Å². The highest BCUT2D eigenvalue weighted by Gasteiger charge is 2.28. The molecule has 1 saturated heterocycles. The molecule has 1 aliphatic heterocycles. The third kappa shape index (κ3) is 5.22. The minimum Gasteiger partial charge on any atom is -0.352 e. The number of likely N-dealkylation sites (tertiary alicyclic amines) is 1. The van der Waals surface area contributed by atoms with Crippen molar-refractivity contribution in [1.29, 1.82) is 0 Å². The highest BCUT2D eigenvalue weighted by Crippen LogP contribution is 2.19. The van der Waals surface area contributed by atoms with Crippen molar-refractivity contribution in [2.45, 2.75) is 63.1 Å². The molecule has 1 unspecified atom stereocenters. The van der Waals surface area contributed by atoms with Crippen LogP contribution in [-0.2, 0) is 11.8 Å². The molecular weight excluding hydrogens is 344 g/mol. The molecular formula is C19H32N6O2. The Bertz CT molecular complexity index is 632. The van der Waals surface area contributed by atoms with Gasteiger partial charge in [0, 0.05) is 44.0 Å². The largest absolute Gasteiger partial charge is 0.352 e. The summed E-state index contributed by atoms with van der Waals surface area (Å²) in [6.07, 6.45) is 11.0. The monoisotopic (exact) mass is 376 g/mol. The van der Waals surface area contributed by atoms with Crippen LogP contribution < -0.4 is 16.0 Å². The molecule has 8 nitrogen and oxygen atoms in total. The quantitative estimate of drug-likeness (QED) is 0.722. The van der Waals surface area contributed by atoms with Crippen molar-refractivity contribution in [3.05, 3.63) is 18.0 Å². The predicted molar refractivity (Wildman–Crippen MR) is 103 cm³/mol. The number of piperidine rings is 1. The molecule has 1 saturated carbocycles. The highest BCUT2D eigenvalue weighted by atomic mass is 16.2. The maximum Gasteiger partial charge on any atom is 0.317 e. The van der Waals surface area contributed by atoms with Crippen molar-refractivity contribution >= 4 is 11.9 Å². The molecule has 8 heteroatoms. The van der Waals surface area contributed by atoms with Crippen LogP contribution in [0.2, 0.25) is 0 Å². The summed E-state index contributed by atoms with van der Waals surface area (Å²) in [5.74, 6) is -0.0457. The lowest BCUT2D eigenvalue weighted by molar-refractivity contribution is -0.124. The third-order valence-electron chi connectivity index (χ3n) is 5.67. The van der Waals surface area contributed by atoms with Gasteiger partial charge < -0.3 is 20.9 Å². The summed E-state index contributed by atoms with van der Waals surface area (Å²) in [5.41, 5.74) is 0.849. The van der Waals surface area contributed by atoms with E-state index in [0.717, 1.165) is 31.2 Å². The second-order valence-electron chi connectivity index (χ2n) is 7.72. The van der Waals surface area contributed by atoms with Crippen LogP contribution in [0.1, 0.15) is 56.6 Å². The molecule has 0 bridgehead atoms. The van der Waals surface area contributed by atoms with E-state index in [0.29, 0.717) is 19.1 Å². The van der Waals surface area contributed by atoms with Crippen molar-refractivity contribution in [3.63, 3.8) is 0 Å². The van der Waals surface area contributed by atoms with Gasteiger partial charge >= 0.3 is 6.03 Å². The normalized spacial score (nSPS) is 20.3. The zero-order chi connectivity index (χ0) is 19.2. The van der Waals surface area contributed by atoms with Gasteiger partial charge in [-0.15, -0.1) is 0 Å². The summed E-state index contributed by atoms with van der Waals surface area (Å²) < 4.78 is 1.69. The number of hydrogen-bond donors (Lipinski definition) is 3. The van der Waals surface area contributed by atoms with E-state index in [-0.39, 0.29) is 18.0 Å². The Labute approximate surface area is 161 Å². The number of amides is 3. The summed E-state index contributed by atoms with van der Waals surface area (Å²) in [7, 11) is 3.61. The van der Waals surface area contributed by atoms with Crippen molar-refractivity contribution in [2.24, 2.45) is 7.05 Å². The maximum atomic E-state index is 12.6. The molecule has 3 N–H and O–H groups in total. The third-order valence-corrected chi connectivity index (χ3v) is 5.67. The number of nitrogens with zero attached hydrogens (tertiary/aromatic N) is 3. The van der Waals surface area contributed by atoms with Crippen molar-refractivity contribution in [3.8, 4) is 0 Å². The standard InChI is InChI=1S/C19H32N6O2/c1-20-17(14-12-21-24(2)13-14)18(26)22-16-8-10-25(11-9-16)19(27)23-15-6-4-3-5-7-15/h12-13,15-17,20H,3-11H2,1-2H3,(H,22,26)(H,23,27). The van der Waals surface area contributed by atoms with E-state index in [2.05, 4.69) is 21.0 Å². The highest BCUT2D eigenvalue weighted by molar-refractivity contribution is 5.83. The molecule has 1 atom stereocenters. The Morgan fingerprint density at radius 1 is 1.07 bits per heavy atom. The molecule has 2 heterocycles. The van der Waals surface area contributed by atoms with Crippen LogP contribution in [0, 0.1) is 0 Å². The topological polar surface area (TPSA) is 91.3 Å². The Morgan fingerprint density at radius 3 is 2.33 bits per heavy atom. The molecule has 2 aliphatic rings. The molecule has 2 fully saturated rings. The molecule has 1 aromatic rings. The van der Waals surface area contributed by atoms with Crippen LogP contribution in [-0.4, -0.2) is 58.8 Å². The maximum absolute atomic E-state index is 12.6. The van der Waals surface area contributed by atoms with E-state index in [1.807, 2.05) is 18.1 Å². The van der Waals surface area contributed by atoms with Gasteiger partial charge in [0.25, 0.3) is 0 Å². The number of carbonyl (C=O) groups is 2. The smallest absolute Gasteiger partial charge is 0.317 e. The van der Waals surface area contributed by atoms with E-state index < -0.39 is 6.04 Å². The molecule has 27 heavy (non-hydrogen) atoms. The number of hydrogen-bond acceptors (Lipinski definition) is 4. The van der Waals surface area contributed by atoms with E-state index in [4.69, 9.17) is 0 Å². The summed E-state index contributed by atoms with van der Waals surface area (Å²) in [5, 5.41) is 13.5. The fourth-order valence-corrected chi connectivity index (χ4v) is 4.06. The van der Waals surface area contributed by atoms with Gasteiger partial charge in [-0.05, 0) is 32.7 Å². The number of rotatable bonds is 5. The molecule has 150 valence electrons. The Morgan fingerprint density at radius 2 is 1.74 bits per heavy atom. The number of aromatic nitrogens is 2. The summed E-state index contributed by atoms with van der Waals surface area (Å²) in [6.45, 7) is 1.36.